The maximum absolute atomic E-state index is 12.7. The van der Waals surface area contributed by atoms with Crippen LogP contribution in [0, 0.1) is 10.1 Å². The minimum Gasteiger partial charge on any atom is -0.484 e. The van der Waals surface area contributed by atoms with Gasteiger partial charge in [-0.3, -0.25) is 14.9 Å². The second kappa shape index (κ2) is 11.4. The third-order valence-electron chi connectivity index (χ3n) is 6.93. The van der Waals surface area contributed by atoms with Crippen molar-refractivity contribution in [3.05, 3.63) is 58.1 Å². The predicted octanol–water partition coefficient (Wildman–Crippen LogP) is 3.67. The van der Waals surface area contributed by atoms with Crippen LogP contribution in [-0.4, -0.2) is 74.8 Å². The van der Waals surface area contributed by atoms with Gasteiger partial charge < -0.3 is 24.2 Å². The number of amides is 1. The molecule has 2 aliphatic rings. The number of carbonyl (C=O) groups is 1. The SMILES string of the molecule is CCC(C)c1ccc(OCC(=O)N2CCN(c3ccc([N+](=O)[O-])c(N4CCOCC4)c3)CC2)cc1. The molecule has 0 radical (unpaired) electrons. The second-order valence-electron chi connectivity index (χ2n) is 9.06. The second-order valence-corrected chi connectivity index (χ2v) is 9.06. The molecule has 2 aliphatic heterocycles. The zero-order valence-corrected chi connectivity index (χ0v) is 20.5. The Morgan fingerprint density at radius 2 is 1.71 bits per heavy atom. The van der Waals surface area contributed by atoms with Crippen LogP contribution in [0.1, 0.15) is 31.7 Å². The molecule has 0 aliphatic carbocycles. The van der Waals surface area contributed by atoms with Crippen molar-refractivity contribution >= 4 is 23.0 Å². The van der Waals surface area contributed by atoms with Crippen LogP contribution in [0.15, 0.2) is 42.5 Å². The minimum atomic E-state index is -0.330. The van der Waals surface area contributed by atoms with Gasteiger partial charge in [0.05, 0.1) is 18.1 Å². The molecular formula is C26H34N4O5. The number of nitrogens with zero attached hydrogens (tertiary/aromatic N) is 4. The number of nitro benzene ring substituents is 1. The Morgan fingerprint density at radius 1 is 1.03 bits per heavy atom. The molecule has 9 nitrogen and oxygen atoms in total. The van der Waals surface area contributed by atoms with E-state index in [4.69, 9.17) is 9.47 Å². The van der Waals surface area contributed by atoms with Crippen LogP contribution in [0.2, 0.25) is 0 Å². The zero-order chi connectivity index (χ0) is 24.8. The number of rotatable bonds is 8. The lowest BCUT2D eigenvalue weighted by Crippen LogP contribution is -2.50. The Morgan fingerprint density at radius 3 is 2.34 bits per heavy atom. The first-order chi connectivity index (χ1) is 17.0. The Hall–Kier alpha value is -3.33. The van der Waals surface area contributed by atoms with E-state index >= 15 is 0 Å². The van der Waals surface area contributed by atoms with Gasteiger partial charge >= 0.3 is 0 Å². The number of hydrogen-bond acceptors (Lipinski definition) is 7. The fourth-order valence-electron chi connectivity index (χ4n) is 4.50. The molecule has 9 heteroatoms. The van der Waals surface area contributed by atoms with E-state index in [0.717, 1.165) is 12.1 Å². The fourth-order valence-corrected chi connectivity index (χ4v) is 4.50. The van der Waals surface area contributed by atoms with Crippen molar-refractivity contribution in [1.82, 2.24) is 4.90 Å². The molecular weight excluding hydrogens is 448 g/mol. The average molecular weight is 483 g/mol. The molecule has 1 atom stereocenters. The molecule has 2 aromatic carbocycles. The molecule has 1 unspecified atom stereocenters. The number of anilines is 2. The van der Waals surface area contributed by atoms with E-state index in [1.807, 2.05) is 28.0 Å². The quantitative estimate of drug-likeness (QED) is 0.419. The van der Waals surface area contributed by atoms with Crippen molar-refractivity contribution in [2.24, 2.45) is 0 Å². The largest absolute Gasteiger partial charge is 0.484 e. The molecule has 4 rings (SSSR count). The number of benzene rings is 2. The van der Waals surface area contributed by atoms with E-state index in [2.05, 4.69) is 30.9 Å². The zero-order valence-electron chi connectivity index (χ0n) is 20.5. The third kappa shape index (κ3) is 6.03. The lowest BCUT2D eigenvalue weighted by atomic mass is 9.99. The Balaban J connectivity index is 1.32. The average Bonchev–Trinajstić information content (AvgIpc) is 2.91. The Labute approximate surface area is 206 Å². The number of nitro groups is 1. The van der Waals surface area contributed by atoms with Gasteiger partial charge in [-0.05, 0) is 42.2 Å². The summed E-state index contributed by atoms with van der Waals surface area (Å²) in [6, 6.07) is 13.2. The highest BCUT2D eigenvalue weighted by Crippen LogP contribution is 2.33. The monoisotopic (exact) mass is 482 g/mol. The Bertz CT molecular complexity index is 1010. The van der Waals surface area contributed by atoms with Gasteiger partial charge in [0.1, 0.15) is 11.4 Å². The predicted molar refractivity (Wildman–Crippen MR) is 136 cm³/mol. The van der Waals surface area contributed by atoms with Gasteiger partial charge in [-0.1, -0.05) is 26.0 Å². The maximum atomic E-state index is 12.7. The molecule has 2 aromatic rings. The first-order valence-corrected chi connectivity index (χ1v) is 12.3. The molecule has 0 saturated carbocycles. The van der Waals surface area contributed by atoms with Crippen molar-refractivity contribution in [3.63, 3.8) is 0 Å². The molecule has 188 valence electrons. The summed E-state index contributed by atoms with van der Waals surface area (Å²) >= 11 is 0. The standard InChI is InChI=1S/C26H34N4O5/c1-3-20(2)21-4-7-23(8-5-21)35-19-26(31)29-12-10-27(11-13-29)22-6-9-24(30(32)33)25(18-22)28-14-16-34-17-15-28/h4-9,18,20H,3,10-17,19H2,1-2H3. The molecule has 2 fully saturated rings. The molecule has 0 bridgehead atoms. The van der Waals surface area contributed by atoms with E-state index in [9.17, 15) is 14.9 Å². The molecule has 35 heavy (non-hydrogen) atoms. The normalized spacial score (nSPS) is 17.3. The van der Waals surface area contributed by atoms with E-state index in [0.29, 0.717) is 69.8 Å². The summed E-state index contributed by atoms with van der Waals surface area (Å²) in [4.78, 5) is 29.9. The summed E-state index contributed by atoms with van der Waals surface area (Å²) in [5.41, 5.74) is 2.94. The lowest BCUT2D eigenvalue weighted by Gasteiger charge is -2.36. The van der Waals surface area contributed by atoms with Crippen LogP contribution in [0.5, 0.6) is 5.75 Å². The first-order valence-electron chi connectivity index (χ1n) is 12.3. The van der Waals surface area contributed by atoms with Crippen LogP contribution >= 0.6 is 0 Å². The van der Waals surface area contributed by atoms with E-state index in [-0.39, 0.29) is 23.1 Å². The lowest BCUT2D eigenvalue weighted by molar-refractivity contribution is -0.384. The molecule has 2 heterocycles. The van der Waals surface area contributed by atoms with E-state index in [1.54, 1.807) is 12.1 Å². The summed E-state index contributed by atoms with van der Waals surface area (Å²) < 4.78 is 11.1. The molecule has 1 amide bonds. The van der Waals surface area contributed by atoms with Crippen LogP contribution in [0.4, 0.5) is 17.1 Å². The molecule has 0 N–H and O–H groups in total. The first kappa shape index (κ1) is 24.8. The summed E-state index contributed by atoms with van der Waals surface area (Å²) in [5.74, 6) is 1.17. The van der Waals surface area contributed by atoms with Gasteiger partial charge in [-0.2, -0.15) is 0 Å². The number of piperazine rings is 1. The van der Waals surface area contributed by atoms with E-state index in [1.165, 1.54) is 5.56 Å². The fraction of sp³-hybridized carbons (Fsp3) is 0.500. The van der Waals surface area contributed by atoms with Gasteiger partial charge in [-0.15, -0.1) is 0 Å². The minimum absolute atomic E-state index is 0.0153. The summed E-state index contributed by atoms with van der Waals surface area (Å²) in [6.07, 6.45) is 1.08. The van der Waals surface area contributed by atoms with Crippen LogP contribution in [-0.2, 0) is 9.53 Å². The number of carbonyl (C=O) groups excluding carboxylic acids is 1. The van der Waals surface area contributed by atoms with Gasteiger partial charge in [0, 0.05) is 51.0 Å². The summed E-state index contributed by atoms with van der Waals surface area (Å²) in [6.45, 7) is 9.25. The Kier molecular flexibility index (Phi) is 8.07. The topological polar surface area (TPSA) is 88.4 Å². The smallest absolute Gasteiger partial charge is 0.292 e. The number of ether oxygens (including phenoxy) is 2. The maximum Gasteiger partial charge on any atom is 0.292 e. The van der Waals surface area contributed by atoms with Gasteiger partial charge in [0.2, 0.25) is 0 Å². The van der Waals surface area contributed by atoms with Crippen molar-refractivity contribution in [3.8, 4) is 5.75 Å². The molecule has 2 saturated heterocycles. The van der Waals surface area contributed by atoms with Crippen molar-refractivity contribution < 1.29 is 19.2 Å². The van der Waals surface area contributed by atoms with Crippen LogP contribution < -0.4 is 14.5 Å². The van der Waals surface area contributed by atoms with Crippen molar-refractivity contribution in [1.29, 1.82) is 0 Å². The van der Waals surface area contributed by atoms with E-state index < -0.39 is 0 Å². The molecule has 0 aromatic heterocycles. The van der Waals surface area contributed by atoms with Crippen molar-refractivity contribution in [2.75, 3.05) is 68.9 Å². The highest BCUT2D eigenvalue weighted by atomic mass is 16.6. The summed E-state index contributed by atoms with van der Waals surface area (Å²) in [5, 5.41) is 11.6. The number of morpholine rings is 1. The molecule has 0 spiro atoms. The number of hydrogen-bond donors (Lipinski definition) is 0. The van der Waals surface area contributed by atoms with Gasteiger partial charge in [0.25, 0.3) is 11.6 Å². The van der Waals surface area contributed by atoms with Crippen LogP contribution in [0.3, 0.4) is 0 Å². The highest BCUT2D eigenvalue weighted by Gasteiger charge is 2.26. The highest BCUT2D eigenvalue weighted by molar-refractivity contribution is 5.78. The van der Waals surface area contributed by atoms with Gasteiger partial charge in [-0.25, -0.2) is 0 Å². The summed E-state index contributed by atoms with van der Waals surface area (Å²) in [7, 11) is 0. The van der Waals surface area contributed by atoms with Crippen LogP contribution in [0.25, 0.3) is 0 Å². The third-order valence-corrected chi connectivity index (χ3v) is 6.93. The van der Waals surface area contributed by atoms with Gasteiger partial charge in [0.15, 0.2) is 6.61 Å². The van der Waals surface area contributed by atoms with Crippen molar-refractivity contribution in [2.45, 2.75) is 26.2 Å².